The third-order valence-corrected chi connectivity index (χ3v) is 4.88. The van der Waals surface area contributed by atoms with Crippen molar-refractivity contribution in [2.24, 2.45) is 11.7 Å². The van der Waals surface area contributed by atoms with Gasteiger partial charge in [-0.2, -0.15) is 0 Å². The normalized spacial score (nSPS) is 12.2. The van der Waals surface area contributed by atoms with Crippen LogP contribution in [0.4, 0.5) is 5.00 Å². The van der Waals surface area contributed by atoms with Crippen molar-refractivity contribution in [1.82, 2.24) is 0 Å². The first-order valence-corrected chi connectivity index (χ1v) is 8.50. The molecular formula is C16H26N2O2S. The Hall–Kier alpha value is -1.36. The largest absolute Gasteiger partial charge is 0.365 e. The first-order valence-electron chi connectivity index (χ1n) is 7.69. The molecule has 1 aromatic heterocycles. The Morgan fingerprint density at radius 3 is 2.43 bits per heavy atom. The average Bonchev–Trinajstić information content (AvgIpc) is 2.75. The first kappa shape index (κ1) is 17.7. The standard InChI is InChI=1S/C16H26N2O2S/c1-5-8-9-11(6-2)15(20)18-16-13(14(17)19)12(7-3)10(4)21-16/h11H,5-9H2,1-4H3,(H2,17,19)(H,18,20)/t11-/m1/s1. The summed E-state index contributed by atoms with van der Waals surface area (Å²) in [5.74, 6) is -0.469. The molecule has 0 radical (unpaired) electrons. The maximum Gasteiger partial charge on any atom is 0.251 e. The maximum atomic E-state index is 12.4. The number of primary amides is 1. The van der Waals surface area contributed by atoms with Crippen molar-refractivity contribution >= 4 is 28.2 Å². The van der Waals surface area contributed by atoms with Gasteiger partial charge in [-0.15, -0.1) is 11.3 Å². The molecule has 21 heavy (non-hydrogen) atoms. The molecule has 4 nitrogen and oxygen atoms in total. The molecule has 2 amide bonds. The second kappa shape index (κ2) is 8.17. The Bertz CT molecular complexity index is 509. The molecule has 3 N–H and O–H groups in total. The van der Waals surface area contributed by atoms with E-state index in [1.807, 2.05) is 20.8 Å². The van der Waals surface area contributed by atoms with Crippen molar-refractivity contribution in [3.63, 3.8) is 0 Å². The average molecular weight is 310 g/mol. The van der Waals surface area contributed by atoms with E-state index < -0.39 is 5.91 Å². The molecule has 5 heteroatoms. The van der Waals surface area contributed by atoms with Gasteiger partial charge >= 0.3 is 0 Å². The number of nitrogens with two attached hydrogens (primary N) is 1. The molecule has 0 spiro atoms. The maximum absolute atomic E-state index is 12.4. The number of amides is 2. The van der Waals surface area contributed by atoms with Gasteiger partial charge in [0.1, 0.15) is 5.00 Å². The van der Waals surface area contributed by atoms with E-state index in [1.165, 1.54) is 11.3 Å². The SMILES string of the molecule is CCCC[C@@H](CC)C(=O)Nc1sc(C)c(CC)c1C(N)=O. The molecular weight excluding hydrogens is 284 g/mol. The number of aryl methyl sites for hydroxylation is 1. The zero-order valence-corrected chi connectivity index (χ0v) is 14.2. The molecule has 0 aliphatic carbocycles. The van der Waals surface area contributed by atoms with Crippen LogP contribution in [0.1, 0.15) is 67.3 Å². The topological polar surface area (TPSA) is 72.2 Å². The fraction of sp³-hybridized carbons (Fsp3) is 0.625. The third kappa shape index (κ3) is 4.30. The first-order chi connectivity index (χ1) is 9.96. The van der Waals surface area contributed by atoms with E-state index in [4.69, 9.17) is 5.73 Å². The smallest absolute Gasteiger partial charge is 0.251 e. The summed E-state index contributed by atoms with van der Waals surface area (Å²) >= 11 is 1.44. The molecule has 1 atom stereocenters. The van der Waals surface area contributed by atoms with Crippen LogP contribution in [-0.4, -0.2) is 11.8 Å². The van der Waals surface area contributed by atoms with Crippen molar-refractivity contribution in [2.75, 3.05) is 5.32 Å². The molecule has 1 aromatic rings. The van der Waals surface area contributed by atoms with E-state index in [1.54, 1.807) is 0 Å². The highest BCUT2D eigenvalue weighted by atomic mass is 32.1. The number of carbonyl (C=O) groups is 2. The van der Waals surface area contributed by atoms with E-state index in [-0.39, 0.29) is 11.8 Å². The predicted molar refractivity (Wildman–Crippen MR) is 88.9 cm³/mol. The second-order valence-corrected chi connectivity index (χ2v) is 6.52. The Kier molecular flexibility index (Phi) is 6.89. The molecule has 0 saturated carbocycles. The van der Waals surface area contributed by atoms with Crippen molar-refractivity contribution in [3.8, 4) is 0 Å². The van der Waals surface area contributed by atoms with Crippen molar-refractivity contribution in [1.29, 1.82) is 0 Å². The molecule has 0 unspecified atom stereocenters. The number of nitrogens with one attached hydrogen (secondary N) is 1. The molecule has 1 rings (SSSR count). The van der Waals surface area contributed by atoms with Crippen LogP contribution in [0.3, 0.4) is 0 Å². The Morgan fingerprint density at radius 1 is 1.29 bits per heavy atom. The number of carbonyl (C=O) groups excluding carboxylic acids is 2. The van der Waals surface area contributed by atoms with Crippen LogP contribution in [0, 0.1) is 12.8 Å². The van der Waals surface area contributed by atoms with E-state index in [0.29, 0.717) is 10.6 Å². The minimum atomic E-state index is -0.465. The summed E-state index contributed by atoms with van der Waals surface area (Å²) in [4.78, 5) is 25.1. The molecule has 0 saturated heterocycles. The van der Waals surface area contributed by atoms with Crippen molar-refractivity contribution in [2.45, 2.75) is 59.8 Å². The van der Waals surface area contributed by atoms with Gasteiger partial charge < -0.3 is 11.1 Å². The van der Waals surface area contributed by atoms with Crippen LogP contribution in [0.15, 0.2) is 0 Å². The fourth-order valence-corrected chi connectivity index (χ4v) is 3.69. The van der Waals surface area contributed by atoms with Gasteiger partial charge in [0.2, 0.25) is 5.91 Å². The van der Waals surface area contributed by atoms with E-state index in [2.05, 4.69) is 12.2 Å². The summed E-state index contributed by atoms with van der Waals surface area (Å²) in [6.45, 7) is 8.08. The zero-order valence-electron chi connectivity index (χ0n) is 13.4. The summed E-state index contributed by atoms with van der Waals surface area (Å²) in [5.41, 5.74) is 6.92. The summed E-state index contributed by atoms with van der Waals surface area (Å²) in [7, 11) is 0. The van der Waals surface area contributed by atoms with Gasteiger partial charge in [0.25, 0.3) is 5.91 Å². The highest BCUT2D eigenvalue weighted by Gasteiger charge is 2.23. The lowest BCUT2D eigenvalue weighted by molar-refractivity contribution is -0.120. The van der Waals surface area contributed by atoms with Gasteiger partial charge in [-0.05, 0) is 31.7 Å². The number of thiophene rings is 1. The molecule has 1 heterocycles. The zero-order chi connectivity index (χ0) is 16.0. The molecule has 0 fully saturated rings. The lowest BCUT2D eigenvalue weighted by Gasteiger charge is -2.14. The summed E-state index contributed by atoms with van der Waals surface area (Å²) in [6.07, 6.45) is 4.55. The third-order valence-electron chi connectivity index (χ3n) is 3.82. The van der Waals surface area contributed by atoms with Gasteiger partial charge in [-0.25, -0.2) is 0 Å². The molecule has 0 bridgehead atoms. The number of anilines is 1. The predicted octanol–water partition coefficient (Wildman–Crippen LogP) is 3.87. The van der Waals surface area contributed by atoms with Gasteiger partial charge in [-0.1, -0.05) is 33.6 Å². The quantitative estimate of drug-likeness (QED) is 0.765. The van der Waals surface area contributed by atoms with Gasteiger partial charge in [0, 0.05) is 10.8 Å². The van der Waals surface area contributed by atoms with Crippen LogP contribution in [0.25, 0.3) is 0 Å². The lowest BCUT2D eigenvalue weighted by atomic mass is 9.98. The van der Waals surface area contributed by atoms with Crippen molar-refractivity contribution in [3.05, 3.63) is 16.0 Å². The van der Waals surface area contributed by atoms with Gasteiger partial charge in [0.15, 0.2) is 0 Å². The van der Waals surface area contributed by atoms with E-state index >= 15 is 0 Å². The summed E-state index contributed by atoms with van der Waals surface area (Å²) in [6, 6.07) is 0. The van der Waals surface area contributed by atoms with E-state index in [9.17, 15) is 9.59 Å². The van der Waals surface area contributed by atoms with Crippen LogP contribution in [0.5, 0.6) is 0 Å². The monoisotopic (exact) mass is 310 g/mol. The number of hydrogen-bond acceptors (Lipinski definition) is 3. The number of hydrogen-bond donors (Lipinski definition) is 2. The lowest BCUT2D eigenvalue weighted by Crippen LogP contribution is -2.24. The summed E-state index contributed by atoms with van der Waals surface area (Å²) in [5, 5.41) is 3.53. The molecule has 0 aromatic carbocycles. The van der Waals surface area contributed by atoms with Crippen LogP contribution in [0.2, 0.25) is 0 Å². The molecule has 0 aliphatic heterocycles. The Balaban J connectivity index is 2.96. The van der Waals surface area contributed by atoms with Gasteiger partial charge in [-0.3, -0.25) is 9.59 Å². The number of unbranched alkanes of at least 4 members (excludes halogenated alkanes) is 1. The fourth-order valence-electron chi connectivity index (χ4n) is 2.54. The summed E-state index contributed by atoms with van der Waals surface area (Å²) < 4.78 is 0. The minimum absolute atomic E-state index is 0.00170. The van der Waals surface area contributed by atoms with Crippen molar-refractivity contribution < 1.29 is 9.59 Å². The second-order valence-electron chi connectivity index (χ2n) is 5.30. The van der Waals surface area contributed by atoms with Crippen LogP contribution in [-0.2, 0) is 11.2 Å². The Morgan fingerprint density at radius 2 is 1.95 bits per heavy atom. The molecule has 118 valence electrons. The van der Waals surface area contributed by atoms with Gasteiger partial charge in [0.05, 0.1) is 5.56 Å². The Labute approximate surface area is 131 Å². The highest BCUT2D eigenvalue weighted by molar-refractivity contribution is 7.16. The van der Waals surface area contributed by atoms with E-state index in [0.717, 1.165) is 42.5 Å². The van der Waals surface area contributed by atoms with Crippen LogP contribution < -0.4 is 11.1 Å². The van der Waals surface area contributed by atoms with Crippen LogP contribution >= 0.6 is 11.3 Å². The number of rotatable bonds is 8. The minimum Gasteiger partial charge on any atom is -0.365 e. The highest BCUT2D eigenvalue weighted by Crippen LogP contribution is 2.33. The molecule has 0 aliphatic rings.